The number of thioether (sulfide) groups is 1. The van der Waals surface area contributed by atoms with Crippen LogP contribution < -0.4 is 9.64 Å². The average molecular weight is 436 g/mol. The fourth-order valence-electron chi connectivity index (χ4n) is 3.09. The Hall–Kier alpha value is -3.16. The smallest absolute Gasteiger partial charge is 0.343 e. The van der Waals surface area contributed by atoms with Crippen molar-refractivity contribution in [2.45, 2.75) is 0 Å². The molecule has 3 aromatic rings. The van der Waals surface area contributed by atoms with Crippen LogP contribution >= 0.6 is 24.0 Å². The molecular weight excluding hydrogens is 418 g/mol. The Morgan fingerprint density at radius 1 is 1.07 bits per heavy atom. The molecule has 1 aliphatic rings. The van der Waals surface area contributed by atoms with Crippen LogP contribution in [0.25, 0.3) is 16.8 Å². The fourth-order valence-corrected chi connectivity index (χ4v) is 4.38. The van der Waals surface area contributed by atoms with Crippen molar-refractivity contribution in [3.05, 3.63) is 77.2 Å². The van der Waals surface area contributed by atoms with Gasteiger partial charge in [-0.3, -0.25) is 9.69 Å². The Morgan fingerprint density at radius 2 is 1.80 bits per heavy atom. The third-order valence-corrected chi connectivity index (χ3v) is 5.87. The van der Waals surface area contributed by atoms with E-state index in [1.54, 1.807) is 23.1 Å². The maximum atomic E-state index is 13.1. The highest BCUT2D eigenvalue weighted by atomic mass is 32.2. The summed E-state index contributed by atoms with van der Waals surface area (Å²) in [6.45, 7) is -0.153. The number of fused-ring (bicyclic) bond motifs is 1. The molecule has 0 aliphatic carbocycles. The van der Waals surface area contributed by atoms with E-state index in [2.05, 4.69) is 4.74 Å². The van der Waals surface area contributed by atoms with E-state index in [0.29, 0.717) is 15.0 Å². The van der Waals surface area contributed by atoms with Crippen LogP contribution in [0.15, 0.2) is 71.6 Å². The van der Waals surface area contributed by atoms with Crippen LogP contribution in [0.3, 0.4) is 0 Å². The molecule has 0 saturated carbocycles. The number of anilines is 1. The maximum absolute atomic E-state index is 13.1. The van der Waals surface area contributed by atoms with Gasteiger partial charge in [-0.25, -0.2) is 4.79 Å². The van der Waals surface area contributed by atoms with E-state index in [9.17, 15) is 9.59 Å². The van der Waals surface area contributed by atoms with E-state index in [1.807, 2.05) is 54.6 Å². The lowest BCUT2D eigenvalue weighted by molar-refractivity contribution is -0.142. The standard InChI is InChI=1S/C23H17NO4S2/c1-27-21(25)14-28-17-11-9-15(10-12-17)13-20-22(26)24(23(29)30-20)19-8-4-6-16-5-2-3-7-18(16)19/h2-13H,14H2,1H3/b20-13+. The lowest BCUT2D eigenvalue weighted by Gasteiger charge is -2.17. The van der Waals surface area contributed by atoms with E-state index in [4.69, 9.17) is 17.0 Å². The SMILES string of the molecule is COC(=O)COc1ccc(/C=C2/SC(=S)N(c3cccc4ccccc34)C2=O)cc1. The molecule has 4 rings (SSSR count). The zero-order chi connectivity index (χ0) is 21.1. The number of rotatable bonds is 5. The summed E-state index contributed by atoms with van der Waals surface area (Å²) in [5, 5.41) is 2.03. The molecule has 150 valence electrons. The summed E-state index contributed by atoms with van der Waals surface area (Å²) in [5.41, 5.74) is 1.62. The van der Waals surface area contributed by atoms with Gasteiger partial charge in [0, 0.05) is 5.39 Å². The molecule has 1 amide bonds. The van der Waals surface area contributed by atoms with Gasteiger partial charge in [0.05, 0.1) is 17.7 Å². The highest BCUT2D eigenvalue weighted by Crippen LogP contribution is 2.38. The van der Waals surface area contributed by atoms with Crippen molar-refractivity contribution in [2.24, 2.45) is 0 Å². The van der Waals surface area contributed by atoms with Crippen LogP contribution in [0, 0.1) is 0 Å². The zero-order valence-electron chi connectivity index (χ0n) is 16.0. The lowest BCUT2D eigenvalue weighted by atomic mass is 10.1. The van der Waals surface area contributed by atoms with Gasteiger partial charge in [-0.15, -0.1) is 0 Å². The summed E-state index contributed by atoms with van der Waals surface area (Å²) in [5.74, 6) is -0.0515. The van der Waals surface area contributed by atoms with Crippen molar-refractivity contribution in [2.75, 3.05) is 18.6 Å². The van der Waals surface area contributed by atoms with Gasteiger partial charge in [0.1, 0.15) is 5.75 Å². The van der Waals surface area contributed by atoms with Gasteiger partial charge < -0.3 is 9.47 Å². The number of ether oxygens (including phenoxy) is 2. The summed E-state index contributed by atoms with van der Waals surface area (Å²) >= 11 is 6.79. The van der Waals surface area contributed by atoms with Gasteiger partial charge in [0.15, 0.2) is 10.9 Å². The summed E-state index contributed by atoms with van der Waals surface area (Å²) in [7, 11) is 1.31. The average Bonchev–Trinajstić information content (AvgIpc) is 3.05. The van der Waals surface area contributed by atoms with Crippen molar-refractivity contribution in [1.29, 1.82) is 0 Å². The van der Waals surface area contributed by atoms with Gasteiger partial charge in [0.25, 0.3) is 5.91 Å². The Balaban J connectivity index is 1.56. The molecule has 30 heavy (non-hydrogen) atoms. The topological polar surface area (TPSA) is 55.8 Å². The molecule has 0 aromatic heterocycles. The number of thiocarbonyl (C=S) groups is 1. The molecule has 1 fully saturated rings. The van der Waals surface area contributed by atoms with Gasteiger partial charge in [-0.1, -0.05) is 72.5 Å². The summed E-state index contributed by atoms with van der Waals surface area (Å²) in [4.78, 5) is 26.4. The third kappa shape index (κ3) is 4.08. The van der Waals surface area contributed by atoms with Crippen molar-refractivity contribution < 1.29 is 19.1 Å². The van der Waals surface area contributed by atoms with Crippen LogP contribution in [0.2, 0.25) is 0 Å². The molecule has 1 aliphatic heterocycles. The Labute approximate surface area is 183 Å². The second kappa shape index (κ2) is 8.69. The van der Waals surface area contributed by atoms with Crippen molar-refractivity contribution in [1.82, 2.24) is 0 Å². The molecule has 0 spiro atoms. The molecular formula is C23H17NO4S2. The molecule has 0 bridgehead atoms. The first-order valence-corrected chi connectivity index (χ1v) is 10.3. The summed E-state index contributed by atoms with van der Waals surface area (Å²) in [6.07, 6.45) is 1.80. The van der Waals surface area contributed by atoms with Crippen molar-refractivity contribution in [3.63, 3.8) is 0 Å². The number of benzene rings is 3. The summed E-state index contributed by atoms with van der Waals surface area (Å²) < 4.78 is 10.4. The number of esters is 1. The quantitative estimate of drug-likeness (QED) is 0.326. The normalized spacial score (nSPS) is 15.1. The first-order chi connectivity index (χ1) is 14.6. The number of hydrogen-bond acceptors (Lipinski definition) is 6. The minimum atomic E-state index is -0.448. The van der Waals surface area contributed by atoms with Crippen molar-refractivity contribution >= 4 is 62.7 Å². The van der Waals surface area contributed by atoms with Crippen molar-refractivity contribution in [3.8, 4) is 5.75 Å². The van der Waals surface area contributed by atoms with Gasteiger partial charge >= 0.3 is 5.97 Å². The zero-order valence-corrected chi connectivity index (χ0v) is 17.7. The molecule has 0 unspecified atom stereocenters. The second-order valence-corrected chi connectivity index (χ2v) is 8.13. The minimum Gasteiger partial charge on any atom is -0.482 e. The van der Waals surface area contributed by atoms with Crippen LogP contribution in [-0.2, 0) is 14.3 Å². The monoisotopic (exact) mass is 435 g/mol. The molecule has 7 heteroatoms. The first-order valence-electron chi connectivity index (χ1n) is 9.12. The van der Waals surface area contributed by atoms with Gasteiger partial charge in [-0.2, -0.15) is 0 Å². The van der Waals surface area contributed by atoms with E-state index in [-0.39, 0.29) is 12.5 Å². The van der Waals surface area contributed by atoms with Crippen LogP contribution in [0.4, 0.5) is 5.69 Å². The van der Waals surface area contributed by atoms with Crippen LogP contribution in [0.5, 0.6) is 5.75 Å². The number of methoxy groups -OCH3 is 1. The number of amides is 1. The lowest BCUT2D eigenvalue weighted by Crippen LogP contribution is -2.27. The number of hydrogen-bond donors (Lipinski definition) is 0. The number of carbonyl (C=O) groups is 2. The fraction of sp³-hybridized carbons (Fsp3) is 0.0870. The Bertz CT molecular complexity index is 1170. The van der Waals surface area contributed by atoms with E-state index < -0.39 is 5.97 Å². The van der Waals surface area contributed by atoms with Crippen LogP contribution in [0.1, 0.15) is 5.56 Å². The molecule has 1 heterocycles. The number of nitrogens with zero attached hydrogens (tertiary/aromatic N) is 1. The molecule has 1 saturated heterocycles. The van der Waals surface area contributed by atoms with Gasteiger partial charge in [-0.05, 0) is 35.2 Å². The molecule has 3 aromatic carbocycles. The Kier molecular flexibility index (Phi) is 5.83. The molecule has 0 atom stereocenters. The largest absolute Gasteiger partial charge is 0.482 e. The molecule has 0 radical (unpaired) electrons. The minimum absolute atomic E-state index is 0.146. The molecule has 0 N–H and O–H groups in total. The van der Waals surface area contributed by atoms with E-state index in [1.165, 1.54) is 18.9 Å². The highest BCUT2D eigenvalue weighted by molar-refractivity contribution is 8.27. The van der Waals surface area contributed by atoms with E-state index in [0.717, 1.165) is 22.0 Å². The summed E-state index contributed by atoms with van der Waals surface area (Å²) in [6, 6.07) is 20.9. The number of carbonyl (C=O) groups excluding carboxylic acids is 2. The molecule has 5 nitrogen and oxygen atoms in total. The second-order valence-electron chi connectivity index (χ2n) is 6.45. The highest BCUT2D eigenvalue weighted by Gasteiger charge is 2.34. The third-order valence-electron chi connectivity index (χ3n) is 4.56. The predicted octanol–water partition coefficient (Wildman–Crippen LogP) is 4.80. The Morgan fingerprint density at radius 3 is 2.57 bits per heavy atom. The van der Waals surface area contributed by atoms with Crippen LogP contribution in [-0.4, -0.2) is 29.9 Å². The van der Waals surface area contributed by atoms with Gasteiger partial charge in [0.2, 0.25) is 0 Å². The maximum Gasteiger partial charge on any atom is 0.343 e. The van der Waals surface area contributed by atoms with E-state index >= 15 is 0 Å². The predicted molar refractivity (Wildman–Crippen MR) is 124 cm³/mol. The first kappa shape index (κ1) is 20.1.